The lowest BCUT2D eigenvalue weighted by molar-refractivity contribution is -0.141. The van der Waals surface area contributed by atoms with Gasteiger partial charge in [0.2, 0.25) is 5.91 Å². The number of hydrogen-bond acceptors (Lipinski definition) is 5. The van der Waals surface area contributed by atoms with Crippen LogP contribution in [0.3, 0.4) is 0 Å². The number of methoxy groups -OCH3 is 1. The van der Waals surface area contributed by atoms with Gasteiger partial charge in [-0.15, -0.1) is 0 Å². The van der Waals surface area contributed by atoms with Crippen molar-refractivity contribution in [3.8, 4) is 5.75 Å². The van der Waals surface area contributed by atoms with E-state index >= 15 is 0 Å². The lowest BCUT2D eigenvalue weighted by Gasteiger charge is -2.23. The highest BCUT2D eigenvalue weighted by Crippen LogP contribution is 2.38. The van der Waals surface area contributed by atoms with Crippen molar-refractivity contribution in [2.45, 2.75) is 32.2 Å². The minimum Gasteiger partial charge on any atom is -0.497 e. The van der Waals surface area contributed by atoms with Crippen LogP contribution in [0.2, 0.25) is 5.15 Å². The summed E-state index contributed by atoms with van der Waals surface area (Å²) in [6.07, 6.45) is 0.0190. The molecule has 32 heavy (non-hydrogen) atoms. The molecule has 1 aliphatic rings. The molecule has 7 nitrogen and oxygen atoms in total. The molecule has 8 heteroatoms. The monoisotopic (exact) mass is 451 g/mol. The maximum Gasteiger partial charge on any atom is 0.303 e. The number of rotatable bonds is 6. The Bertz CT molecular complexity index is 1220. The predicted octanol–water partition coefficient (Wildman–Crippen LogP) is 4.75. The number of nitrogens with zero attached hydrogens (tertiary/aromatic N) is 3. The molecular weight excluding hydrogens is 430 g/mol. The molecule has 0 spiro atoms. The van der Waals surface area contributed by atoms with Crippen molar-refractivity contribution < 1.29 is 19.4 Å². The van der Waals surface area contributed by atoms with Gasteiger partial charge in [-0.05, 0) is 48.4 Å². The summed E-state index contributed by atoms with van der Waals surface area (Å²) >= 11 is 6.58. The minimum absolute atomic E-state index is 0.150. The van der Waals surface area contributed by atoms with Crippen LogP contribution in [0.15, 0.2) is 53.6 Å². The zero-order chi connectivity index (χ0) is 22.8. The van der Waals surface area contributed by atoms with Crippen molar-refractivity contribution >= 4 is 40.1 Å². The summed E-state index contributed by atoms with van der Waals surface area (Å²) in [4.78, 5) is 28.5. The quantitative estimate of drug-likeness (QED) is 0.546. The molecule has 2 aromatic carbocycles. The van der Waals surface area contributed by atoms with Gasteiger partial charge in [0.25, 0.3) is 0 Å². The van der Waals surface area contributed by atoms with Crippen LogP contribution in [0.5, 0.6) is 5.75 Å². The van der Waals surface area contributed by atoms with E-state index in [0.717, 1.165) is 27.8 Å². The second kappa shape index (κ2) is 8.96. The van der Waals surface area contributed by atoms with Crippen LogP contribution >= 0.6 is 11.6 Å². The summed E-state index contributed by atoms with van der Waals surface area (Å²) < 4.78 is 5.22. The average molecular weight is 452 g/mol. The number of ether oxygens (including phenoxy) is 1. The second-order valence-corrected chi connectivity index (χ2v) is 8.00. The number of carbonyl (C=O) groups is 2. The van der Waals surface area contributed by atoms with Gasteiger partial charge in [0.05, 0.1) is 30.8 Å². The van der Waals surface area contributed by atoms with Crippen LogP contribution < -0.4 is 4.74 Å². The first-order chi connectivity index (χ1) is 15.4. The summed E-state index contributed by atoms with van der Waals surface area (Å²) in [5.74, 6) is -0.689. The number of para-hydroxylation sites is 1. The van der Waals surface area contributed by atoms with E-state index in [1.165, 1.54) is 5.01 Å². The zero-order valence-electron chi connectivity index (χ0n) is 17.7. The average Bonchev–Trinajstić information content (AvgIpc) is 3.23. The van der Waals surface area contributed by atoms with E-state index in [1.807, 2.05) is 55.5 Å². The van der Waals surface area contributed by atoms with Crippen LogP contribution in [0.25, 0.3) is 10.9 Å². The van der Waals surface area contributed by atoms with Gasteiger partial charge in [0.1, 0.15) is 10.9 Å². The number of hydrazone groups is 1. The second-order valence-electron chi connectivity index (χ2n) is 7.64. The molecule has 0 bridgehead atoms. The Morgan fingerprint density at radius 1 is 1.19 bits per heavy atom. The van der Waals surface area contributed by atoms with Gasteiger partial charge in [-0.1, -0.05) is 29.8 Å². The lowest BCUT2D eigenvalue weighted by Crippen LogP contribution is -2.27. The van der Waals surface area contributed by atoms with Crippen LogP contribution in [-0.2, 0) is 9.59 Å². The fourth-order valence-corrected chi connectivity index (χ4v) is 4.11. The van der Waals surface area contributed by atoms with E-state index in [4.69, 9.17) is 21.4 Å². The fourth-order valence-electron chi connectivity index (χ4n) is 3.84. The van der Waals surface area contributed by atoms with Crippen molar-refractivity contribution in [2.75, 3.05) is 7.11 Å². The maximum absolute atomic E-state index is 12.9. The standard InChI is InChI=1S/C24H22ClN3O4/c1-14-4-3-5-16-12-18(24(25)26-23(14)16)20-13-19(15-6-8-17(32-2)9-7-15)27-28(20)21(29)10-11-22(30)31/h3-9,12,20H,10-11,13H2,1-2H3,(H,30,31)/t20-/m0/s1. The number of aromatic nitrogens is 1. The molecule has 3 aromatic rings. The van der Waals surface area contributed by atoms with Crippen molar-refractivity contribution in [1.29, 1.82) is 0 Å². The number of benzene rings is 2. The molecule has 0 aliphatic carbocycles. The van der Waals surface area contributed by atoms with E-state index in [1.54, 1.807) is 7.11 Å². The van der Waals surface area contributed by atoms with Gasteiger partial charge in [0.15, 0.2) is 0 Å². The Morgan fingerprint density at radius 3 is 2.62 bits per heavy atom. The molecule has 2 heterocycles. The molecule has 1 aliphatic heterocycles. The maximum atomic E-state index is 12.9. The van der Waals surface area contributed by atoms with Crippen molar-refractivity contribution in [1.82, 2.24) is 9.99 Å². The summed E-state index contributed by atoms with van der Waals surface area (Å²) in [5.41, 5.74) is 4.05. The minimum atomic E-state index is -1.03. The molecule has 0 radical (unpaired) electrons. The normalized spacial score (nSPS) is 15.7. The number of amides is 1. The number of pyridine rings is 1. The number of fused-ring (bicyclic) bond motifs is 1. The smallest absolute Gasteiger partial charge is 0.303 e. The SMILES string of the molecule is COc1ccc(C2=NN(C(=O)CCC(=O)O)[C@H](c3cc4cccc(C)c4nc3Cl)C2)cc1. The molecule has 4 rings (SSSR count). The fraction of sp³-hybridized carbons (Fsp3) is 0.250. The van der Waals surface area contributed by atoms with Gasteiger partial charge in [-0.25, -0.2) is 9.99 Å². The highest BCUT2D eigenvalue weighted by molar-refractivity contribution is 6.30. The van der Waals surface area contributed by atoms with E-state index in [9.17, 15) is 9.59 Å². The van der Waals surface area contributed by atoms with Gasteiger partial charge < -0.3 is 9.84 Å². The molecule has 1 aromatic heterocycles. The molecule has 1 atom stereocenters. The van der Waals surface area contributed by atoms with E-state index in [2.05, 4.69) is 10.1 Å². The number of aryl methyl sites for hydroxylation is 1. The van der Waals surface area contributed by atoms with Gasteiger partial charge >= 0.3 is 5.97 Å². The summed E-state index contributed by atoms with van der Waals surface area (Å²) in [6.45, 7) is 1.97. The van der Waals surface area contributed by atoms with E-state index in [-0.39, 0.29) is 18.7 Å². The van der Waals surface area contributed by atoms with Crippen molar-refractivity contribution in [3.63, 3.8) is 0 Å². The van der Waals surface area contributed by atoms with E-state index in [0.29, 0.717) is 22.8 Å². The molecule has 0 unspecified atom stereocenters. The highest BCUT2D eigenvalue weighted by atomic mass is 35.5. The van der Waals surface area contributed by atoms with Crippen LogP contribution in [0.4, 0.5) is 0 Å². The number of carbonyl (C=O) groups excluding carboxylic acids is 1. The molecule has 0 saturated heterocycles. The molecule has 164 valence electrons. The Hall–Kier alpha value is -3.45. The lowest BCUT2D eigenvalue weighted by atomic mass is 9.97. The van der Waals surface area contributed by atoms with Crippen LogP contribution in [0.1, 0.15) is 42.0 Å². The van der Waals surface area contributed by atoms with Crippen LogP contribution in [-0.4, -0.2) is 39.8 Å². The first kappa shape index (κ1) is 21.8. The van der Waals surface area contributed by atoms with Crippen molar-refractivity contribution in [2.24, 2.45) is 5.10 Å². The summed E-state index contributed by atoms with van der Waals surface area (Å²) in [7, 11) is 1.59. The molecule has 1 amide bonds. The largest absolute Gasteiger partial charge is 0.497 e. The molecule has 0 saturated carbocycles. The predicted molar refractivity (Wildman–Crippen MR) is 122 cm³/mol. The molecule has 0 fully saturated rings. The van der Waals surface area contributed by atoms with Crippen LogP contribution in [0, 0.1) is 6.92 Å². The topological polar surface area (TPSA) is 92.1 Å². The number of halogens is 1. The third-order valence-corrected chi connectivity index (χ3v) is 5.83. The highest BCUT2D eigenvalue weighted by Gasteiger charge is 2.35. The Morgan fingerprint density at radius 2 is 1.94 bits per heavy atom. The van der Waals surface area contributed by atoms with Crippen molar-refractivity contribution in [3.05, 3.63) is 70.4 Å². The first-order valence-electron chi connectivity index (χ1n) is 10.2. The van der Waals surface area contributed by atoms with Gasteiger partial charge in [-0.3, -0.25) is 9.59 Å². The number of carboxylic acids is 1. The molecule has 1 N–H and O–H groups in total. The summed E-state index contributed by atoms with van der Waals surface area (Å²) in [6, 6.07) is 14.7. The van der Waals surface area contributed by atoms with Gasteiger partial charge in [0, 0.05) is 23.8 Å². The Kier molecular flexibility index (Phi) is 6.10. The van der Waals surface area contributed by atoms with Gasteiger partial charge in [-0.2, -0.15) is 5.10 Å². The first-order valence-corrected chi connectivity index (χ1v) is 10.6. The Labute approximate surface area is 190 Å². The molecular formula is C24H22ClN3O4. The summed E-state index contributed by atoms with van der Waals surface area (Å²) in [5, 5.41) is 16.2. The third-order valence-electron chi connectivity index (χ3n) is 5.53. The number of hydrogen-bond donors (Lipinski definition) is 1. The Balaban J connectivity index is 1.73. The van der Waals surface area contributed by atoms with E-state index < -0.39 is 12.0 Å². The number of aliphatic carboxylic acids is 1. The number of carboxylic acid groups (broad SMARTS) is 1. The zero-order valence-corrected chi connectivity index (χ0v) is 18.5. The third kappa shape index (κ3) is 4.29.